The summed E-state index contributed by atoms with van der Waals surface area (Å²) in [6.45, 7) is 6.20. The first kappa shape index (κ1) is 15.4. The van der Waals surface area contributed by atoms with Crippen LogP contribution in [-0.4, -0.2) is 40.1 Å². The summed E-state index contributed by atoms with van der Waals surface area (Å²) < 4.78 is 7.53. The monoisotopic (exact) mass is 280 g/mol. The van der Waals surface area contributed by atoms with Crippen molar-refractivity contribution in [2.24, 2.45) is 13.0 Å². The fraction of sp³-hybridized carbons (Fsp3) is 0.867. The lowest BCUT2D eigenvalue weighted by Crippen LogP contribution is -2.40. The zero-order valence-electron chi connectivity index (χ0n) is 13.0. The number of nitrogens with one attached hydrogen (secondary N) is 1. The van der Waals surface area contributed by atoms with E-state index >= 15 is 0 Å². The number of rotatable bonds is 9. The summed E-state index contributed by atoms with van der Waals surface area (Å²) in [5.41, 5.74) is 0. The third-order valence-electron chi connectivity index (χ3n) is 4.13. The summed E-state index contributed by atoms with van der Waals surface area (Å²) >= 11 is 0. The highest BCUT2D eigenvalue weighted by molar-refractivity contribution is 4.92. The smallest absolute Gasteiger partial charge is 0.138 e. The van der Waals surface area contributed by atoms with Gasteiger partial charge in [0.25, 0.3) is 0 Å². The van der Waals surface area contributed by atoms with Gasteiger partial charge in [-0.1, -0.05) is 6.92 Å². The van der Waals surface area contributed by atoms with Crippen molar-refractivity contribution in [3.8, 4) is 0 Å². The van der Waals surface area contributed by atoms with Gasteiger partial charge in [0.15, 0.2) is 0 Å². The summed E-state index contributed by atoms with van der Waals surface area (Å²) in [4.78, 5) is 4.35. The van der Waals surface area contributed by atoms with Crippen molar-refractivity contribution in [3.63, 3.8) is 0 Å². The van der Waals surface area contributed by atoms with Gasteiger partial charge in [0.1, 0.15) is 12.2 Å². The molecule has 1 aromatic heterocycles. The van der Waals surface area contributed by atoms with Gasteiger partial charge >= 0.3 is 0 Å². The van der Waals surface area contributed by atoms with Crippen molar-refractivity contribution in [1.82, 2.24) is 20.1 Å². The Morgan fingerprint density at radius 2 is 2.25 bits per heavy atom. The molecule has 0 radical (unpaired) electrons. The van der Waals surface area contributed by atoms with E-state index in [-0.39, 0.29) is 0 Å². The van der Waals surface area contributed by atoms with Crippen molar-refractivity contribution in [2.75, 3.05) is 13.2 Å². The maximum Gasteiger partial charge on any atom is 0.138 e. The highest BCUT2D eigenvalue weighted by Gasteiger charge is 2.31. The van der Waals surface area contributed by atoms with Gasteiger partial charge in [-0.25, -0.2) is 4.98 Å². The highest BCUT2D eigenvalue weighted by Crippen LogP contribution is 2.34. The average molecular weight is 280 g/mol. The molecule has 1 N–H and O–H groups in total. The fourth-order valence-electron chi connectivity index (χ4n) is 2.95. The molecule has 2 rings (SSSR count). The number of hydrogen-bond donors (Lipinski definition) is 1. The number of hydrogen-bond acceptors (Lipinski definition) is 4. The maximum atomic E-state index is 5.65. The number of ether oxygens (including phenoxy) is 1. The van der Waals surface area contributed by atoms with E-state index in [0.717, 1.165) is 31.3 Å². The fourth-order valence-corrected chi connectivity index (χ4v) is 2.95. The molecule has 0 aromatic carbocycles. The summed E-state index contributed by atoms with van der Waals surface area (Å²) in [7, 11) is 1.97. The molecule has 20 heavy (non-hydrogen) atoms. The molecule has 5 heteroatoms. The normalized spacial score (nSPS) is 23.6. The number of aromatic nitrogens is 3. The van der Waals surface area contributed by atoms with Crippen LogP contribution in [0.5, 0.6) is 0 Å². The molecular weight excluding hydrogens is 252 g/mol. The van der Waals surface area contributed by atoms with Crippen LogP contribution >= 0.6 is 0 Å². The quantitative estimate of drug-likeness (QED) is 0.751. The second-order valence-electron chi connectivity index (χ2n) is 5.81. The Morgan fingerprint density at radius 3 is 2.85 bits per heavy atom. The topological polar surface area (TPSA) is 52.0 Å². The minimum atomic E-state index is 0.505. The summed E-state index contributed by atoms with van der Waals surface area (Å²) in [5.74, 6) is 1.87. The molecule has 1 unspecified atom stereocenters. The predicted molar refractivity (Wildman–Crippen MR) is 79.5 cm³/mol. The summed E-state index contributed by atoms with van der Waals surface area (Å²) in [6.07, 6.45) is 7.94. The van der Waals surface area contributed by atoms with E-state index in [9.17, 15) is 0 Å². The molecule has 0 bridgehead atoms. The number of aryl methyl sites for hydroxylation is 1. The first-order valence-corrected chi connectivity index (χ1v) is 7.90. The zero-order chi connectivity index (χ0) is 14.4. The van der Waals surface area contributed by atoms with Gasteiger partial charge in [-0.3, -0.25) is 4.68 Å². The lowest BCUT2D eigenvalue weighted by Gasteiger charge is -2.37. The molecule has 0 saturated heterocycles. The van der Waals surface area contributed by atoms with Crippen LogP contribution in [0, 0.1) is 5.92 Å². The van der Waals surface area contributed by atoms with E-state index in [0.29, 0.717) is 12.1 Å². The van der Waals surface area contributed by atoms with E-state index < -0.39 is 0 Å². The second kappa shape index (κ2) is 7.74. The van der Waals surface area contributed by atoms with Crippen LogP contribution in [0.25, 0.3) is 0 Å². The van der Waals surface area contributed by atoms with Gasteiger partial charge in [0.05, 0.1) is 6.10 Å². The Labute approximate surface area is 122 Å². The summed E-state index contributed by atoms with van der Waals surface area (Å²) in [6, 6.07) is 0.505. The van der Waals surface area contributed by atoms with E-state index in [2.05, 4.69) is 29.2 Å². The van der Waals surface area contributed by atoms with E-state index in [1.807, 2.05) is 11.7 Å². The van der Waals surface area contributed by atoms with Gasteiger partial charge < -0.3 is 10.1 Å². The predicted octanol–water partition coefficient (Wildman–Crippen LogP) is 1.93. The molecule has 1 atom stereocenters. The molecule has 1 fully saturated rings. The largest absolute Gasteiger partial charge is 0.378 e. The lowest BCUT2D eigenvalue weighted by molar-refractivity contribution is -0.0290. The molecule has 0 spiro atoms. The second-order valence-corrected chi connectivity index (χ2v) is 5.81. The first-order chi connectivity index (χ1) is 9.72. The standard InChI is InChI=1S/C15H28N4O/c1-4-6-16-13(10-15-17-11-18-19(15)3)7-12-8-14(9-12)20-5-2/h11-14,16H,4-10H2,1-3H3. The Morgan fingerprint density at radius 1 is 1.45 bits per heavy atom. The molecule has 1 heterocycles. The third-order valence-corrected chi connectivity index (χ3v) is 4.13. The van der Waals surface area contributed by atoms with E-state index in [1.54, 1.807) is 6.33 Å². The van der Waals surface area contributed by atoms with Crippen molar-refractivity contribution in [3.05, 3.63) is 12.2 Å². The van der Waals surface area contributed by atoms with Crippen molar-refractivity contribution in [2.45, 2.75) is 58.1 Å². The van der Waals surface area contributed by atoms with E-state index in [4.69, 9.17) is 4.74 Å². The van der Waals surface area contributed by atoms with Gasteiger partial charge in [-0.05, 0) is 45.1 Å². The summed E-state index contributed by atoms with van der Waals surface area (Å²) in [5, 5.41) is 7.82. The molecular formula is C15H28N4O. The molecule has 1 aromatic rings. The number of nitrogens with zero attached hydrogens (tertiary/aromatic N) is 3. The SMILES string of the molecule is CCCNC(Cc1ncnn1C)CC1CC(OCC)C1. The van der Waals surface area contributed by atoms with Crippen LogP contribution in [0.4, 0.5) is 0 Å². The zero-order valence-corrected chi connectivity index (χ0v) is 13.0. The van der Waals surface area contributed by atoms with Crippen LogP contribution in [0.15, 0.2) is 6.33 Å². The Hall–Kier alpha value is -0.940. The molecule has 114 valence electrons. The first-order valence-electron chi connectivity index (χ1n) is 7.90. The molecule has 1 aliphatic carbocycles. The molecule has 5 nitrogen and oxygen atoms in total. The Kier molecular flexibility index (Phi) is 5.98. The van der Waals surface area contributed by atoms with Crippen LogP contribution < -0.4 is 5.32 Å². The molecule has 0 amide bonds. The minimum Gasteiger partial charge on any atom is -0.378 e. The maximum absolute atomic E-state index is 5.65. The Balaban J connectivity index is 1.80. The van der Waals surface area contributed by atoms with Gasteiger partial charge in [-0.2, -0.15) is 5.10 Å². The molecule has 1 saturated carbocycles. The van der Waals surface area contributed by atoms with Crippen molar-refractivity contribution >= 4 is 0 Å². The molecule has 1 aliphatic rings. The molecule has 0 aliphatic heterocycles. The van der Waals surface area contributed by atoms with Crippen molar-refractivity contribution < 1.29 is 4.74 Å². The van der Waals surface area contributed by atoms with Gasteiger partial charge in [-0.15, -0.1) is 0 Å². The highest BCUT2D eigenvalue weighted by atomic mass is 16.5. The van der Waals surface area contributed by atoms with E-state index in [1.165, 1.54) is 25.7 Å². The third kappa shape index (κ3) is 4.28. The Bertz CT molecular complexity index is 387. The van der Waals surface area contributed by atoms with Crippen molar-refractivity contribution in [1.29, 1.82) is 0 Å². The van der Waals surface area contributed by atoms with Crippen LogP contribution in [0.1, 0.15) is 45.4 Å². The van der Waals surface area contributed by atoms with Crippen LogP contribution in [-0.2, 0) is 18.2 Å². The van der Waals surface area contributed by atoms with Gasteiger partial charge in [0.2, 0.25) is 0 Å². The average Bonchev–Trinajstić information content (AvgIpc) is 2.79. The lowest BCUT2D eigenvalue weighted by atomic mass is 9.77. The van der Waals surface area contributed by atoms with Crippen LogP contribution in [0.2, 0.25) is 0 Å². The van der Waals surface area contributed by atoms with Crippen LogP contribution in [0.3, 0.4) is 0 Å². The van der Waals surface area contributed by atoms with Gasteiger partial charge in [0, 0.05) is 26.1 Å². The minimum absolute atomic E-state index is 0.505.